The van der Waals surface area contributed by atoms with E-state index in [1.54, 1.807) is 35.5 Å². The summed E-state index contributed by atoms with van der Waals surface area (Å²) in [5.41, 5.74) is 4.98. The van der Waals surface area contributed by atoms with Crippen LogP contribution in [0.5, 0.6) is 0 Å². The van der Waals surface area contributed by atoms with E-state index in [0.717, 1.165) is 11.3 Å². The minimum Gasteiger partial charge on any atom is -0.467 e. The number of nitrogens with zero attached hydrogens (tertiary/aromatic N) is 2. The van der Waals surface area contributed by atoms with Gasteiger partial charge in [0, 0.05) is 19.6 Å². The third-order valence-corrected chi connectivity index (χ3v) is 6.28. The molecule has 2 amide bonds. The van der Waals surface area contributed by atoms with Crippen molar-refractivity contribution in [1.29, 1.82) is 0 Å². The largest absolute Gasteiger partial charge is 0.467 e. The van der Waals surface area contributed by atoms with Crippen LogP contribution in [0.1, 0.15) is 11.3 Å². The molecule has 2 N–H and O–H groups in total. The summed E-state index contributed by atoms with van der Waals surface area (Å²) in [5, 5.41) is 4.51. The van der Waals surface area contributed by atoms with Crippen molar-refractivity contribution in [2.45, 2.75) is 19.1 Å². The molecule has 3 unspecified atom stereocenters. The first kappa shape index (κ1) is 21.4. The number of furan rings is 1. The van der Waals surface area contributed by atoms with Crippen molar-refractivity contribution >= 4 is 17.5 Å². The molecular weight excluding hydrogens is 423 g/mol. The first-order chi connectivity index (χ1) is 16.1. The van der Waals surface area contributed by atoms with Crippen LogP contribution in [0.25, 0.3) is 0 Å². The van der Waals surface area contributed by atoms with E-state index in [9.17, 15) is 14.0 Å². The van der Waals surface area contributed by atoms with Gasteiger partial charge in [-0.25, -0.2) is 14.8 Å². The lowest BCUT2D eigenvalue weighted by molar-refractivity contribution is -0.130. The van der Waals surface area contributed by atoms with Crippen LogP contribution in [0.4, 0.5) is 10.1 Å². The lowest BCUT2D eigenvalue weighted by Crippen LogP contribution is -2.56. The second kappa shape index (κ2) is 9.17. The Bertz CT molecular complexity index is 1100. The van der Waals surface area contributed by atoms with Gasteiger partial charge in [-0.05, 0) is 42.0 Å². The highest BCUT2D eigenvalue weighted by Crippen LogP contribution is 2.32. The molecule has 33 heavy (non-hydrogen) atoms. The summed E-state index contributed by atoms with van der Waals surface area (Å²) in [6, 6.07) is 19.0. The molecule has 0 spiro atoms. The van der Waals surface area contributed by atoms with E-state index in [0.29, 0.717) is 25.4 Å². The monoisotopic (exact) mass is 448 g/mol. The first-order valence-corrected chi connectivity index (χ1v) is 11.0. The fourth-order valence-corrected chi connectivity index (χ4v) is 4.65. The first-order valence-electron chi connectivity index (χ1n) is 11.0. The van der Waals surface area contributed by atoms with Crippen LogP contribution in [0.3, 0.4) is 0 Å². The minimum absolute atomic E-state index is 0.0566. The van der Waals surface area contributed by atoms with Crippen molar-refractivity contribution in [3.63, 3.8) is 0 Å². The third kappa shape index (κ3) is 4.53. The van der Waals surface area contributed by atoms with Gasteiger partial charge in [0.2, 0.25) is 11.8 Å². The molecule has 3 atom stereocenters. The lowest BCUT2D eigenvalue weighted by atomic mass is 9.83. The third-order valence-electron chi connectivity index (χ3n) is 6.28. The van der Waals surface area contributed by atoms with Crippen LogP contribution < -0.4 is 15.8 Å². The number of para-hydroxylation sites is 1. The van der Waals surface area contributed by atoms with E-state index < -0.39 is 5.92 Å². The van der Waals surface area contributed by atoms with E-state index in [2.05, 4.69) is 15.6 Å². The molecule has 2 fully saturated rings. The maximum absolute atomic E-state index is 13.3. The summed E-state index contributed by atoms with van der Waals surface area (Å²) in [7, 11) is 0. The van der Waals surface area contributed by atoms with Gasteiger partial charge in [0.05, 0.1) is 36.4 Å². The van der Waals surface area contributed by atoms with Gasteiger partial charge in [0.1, 0.15) is 11.6 Å². The number of piperidine rings is 1. The second-order valence-electron chi connectivity index (χ2n) is 8.49. The Morgan fingerprint density at radius 1 is 1.06 bits per heavy atom. The standard InChI is InChI=1S/C25H25FN4O3/c26-18-10-8-17(9-11-18)14-29-15-21(24(31)27-13-20-7-4-12-33-20)23-22(16-29)25(32)30(28-23)19-5-2-1-3-6-19/h1-12,21-23,28H,13-16H2,(H,27,31). The van der Waals surface area contributed by atoms with Gasteiger partial charge in [-0.15, -0.1) is 0 Å². The number of hydrogen-bond acceptors (Lipinski definition) is 5. The number of anilines is 1. The smallest absolute Gasteiger partial charge is 0.247 e. The zero-order valence-electron chi connectivity index (χ0n) is 18.0. The van der Waals surface area contributed by atoms with Crippen molar-refractivity contribution < 1.29 is 18.4 Å². The van der Waals surface area contributed by atoms with Crippen molar-refractivity contribution in [3.8, 4) is 0 Å². The Balaban J connectivity index is 1.37. The van der Waals surface area contributed by atoms with Gasteiger partial charge < -0.3 is 9.73 Å². The second-order valence-corrected chi connectivity index (χ2v) is 8.49. The van der Waals surface area contributed by atoms with Gasteiger partial charge >= 0.3 is 0 Å². The zero-order chi connectivity index (χ0) is 22.8. The molecule has 2 saturated heterocycles. The fourth-order valence-electron chi connectivity index (χ4n) is 4.65. The molecule has 8 heteroatoms. The van der Waals surface area contributed by atoms with Crippen molar-refractivity contribution in [3.05, 3.63) is 90.1 Å². The maximum Gasteiger partial charge on any atom is 0.247 e. The van der Waals surface area contributed by atoms with Crippen LogP contribution in [0, 0.1) is 17.7 Å². The molecule has 7 nitrogen and oxygen atoms in total. The van der Waals surface area contributed by atoms with E-state index >= 15 is 0 Å². The molecule has 2 aliphatic heterocycles. The number of carbonyl (C=O) groups excluding carboxylic acids is 2. The van der Waals surface area contributed by atoms with Crippen LogP contribution in [-0.4, -0.2) is 35.8 Å². The van der Waals surface area contributed by atoms with E-state index in [1.807, 2.05) is 30.3 Å². The summed E-state index contributed by atoms with van der Waals surface area (Å²) in [6.07, 6.45) is 1.57. The normalized spacial score (nSPS) is 22.9. The molecule has 0 aliphatic carbocycles. The highest BCUT2D eigenvalue weighted by Gasteiger charge is 2.50. The van der Waals surface area contributed by atoms with Gasteiger partial charge in [-0.1, -0.05) is 30.3 Å². The summed E-state index contributed by atoms with van der Waals surface area (Å²) < 4.78 is 18.7. The topological polar surface area (TPSA) is 77.8 Å². The Morgan fingerprint density at radius 2 is 1.85 bits per heavy atom. The summed E-state index contributed by atoms with van der Waals surface area (Å²) >= 11 is 0. The summed E-state index contributed by atoms with van der Waals surface area (Å²) in [5.74, 6) is -0.642. The number of carbonyl (C=O) groups is 2. The predicted octanol–water partition coefficient (Wildman–Crippen LogP) is 2.70. The van der Waals surface area contributed by atoms with Crippen LogP contribution in [0.2, 0.25) is 0 Å². The fraction of sp³-hybridized carbons (Fsp3) is 0.280. The van der Waals surface area contributed by atoms with Crippen molar-refractivity contribution in [2.24, 2.45) is 11.8 Å². The minimum atomic E-state index is -0.447. The molecule has 0 saturated carbocycles. The van der Waals surface area contributed by atoms with Gasteiger partial charge in [0.25, 0.3) is 0 Å². The van der Waals surface area contributed by atoms with Gasteiger partial charge in [-0.3, -0.25) is 14.5 Å². The van der Waals surface area contributed by atoms with Crippen LogP contribution in [-0.2, 0) is 22.7 Å². The predicted molar refractivity (Wildman–Crippen MR) is 120 cm³/mol. The molecule has 3 heterocycles. The Kier molecular flexibility index (Phi) is 5.93. The number of amides is 2. The highest BCUT2D eigenvalue weighted by atomic mass is 19.1. The van der Waals surface area contributed by atoms with Crippen molar-refractivity contribution in [1.82, 2.24) is 15.6 Å². The van der Waals surface area contributed by atoms with E-state index in [-0.39, 0.29) is 36.1 Å². The van der Waals surface area contributed by atoms with E-state index in [1.165, 1.54) is 12.1 Å². The van der Waals surface area contributed by atoms with Crippen LogP contribution in [0.15, 0.2) is 77.4 Å². The molecular formula is C25H25FN4O3. The SMILES string of the molecule is O=C(NCc1ccco1)C1CN(Cc2ccc(F)cc2)CC2C(=O)N(c3ccccc3)NC12. The Labute approximate surface area is 191 Å². The molecule has 0 bridgehead atoms. The molecule has 2 aliphatic rings. The zero-order valence-corrected chi connectivity index (χ0v) is 18.0. The average Bonchev–Trinajstić information content (AvgIpc) is 3.47. The maximum atomic E-state index is 13.3. The number of halogens is 1. The van der Waals surface area contributed by atoms with Crippen molar-refractivity contribution in [2.75, 3.05) is 18.1 Å². The molecule has 3 aromatic rings. The molecule has 1 aromatic heterocycles. The molecule has 2 aromatic carbocycles. The summed E-state index contributed by atoms with van der Waals surface area (Å²) in [6.45, 7) is 1.81. The summed E-state index contributed by atoms with van der Waals surface area (Å²) in [4.78, 5) is 28.7. The molecule has 0 radical (unpaired) electrons. The molecule has 170 valence electrons. The number of hydrazine groups is 1. The van der Waals surface area contributed by atoms with Gasteiger partial charge in [-0.2, -0.15) is 0 Å². The highest BCUT2D eigenvalue weighted by molar-refractivity contribution is 5.98. The quantitative estimate of drug-likeness (QED) is 0.606. The van der Waals surface area contributed by atoms with Crippen LogP contribution >= 0.6 is 0 Å². The number of likely N-dealkylation sites (tertiary alicyclic amines) is 1. The number of fused-ring (bicyclic) bond motifs is 1. The molecule has 5 rings (SSSR count). The van der Waals surface area contributed by atoms with E-state index in [4.69, 9.17) is 4.42 Å². The Hall–Kier alpha value is -3.49. The Morgan fingerprint density at radius 3 is 2.58 bits per heavy atom. The number of hydrogen-bond donors (Lipinski definition) is 2. The number of benzene rings is 2. The van der Waals surface area contributed by atoms with Gasteiger partial charge in [0.15, 0.2) is 0 Å². The average molecular weight is 448 g/mol. The number of rotatable bonds is 6. The lowest BCUT2D eigenvalue weighted by Gasteiger charge is -2.38. The number of nitrogens with one attached hydrogen (secondary N) is 2.